The molecule has 1 atom stereocenters. The van der Waals surface area contributed by atoms with E-state index in [0.29, 0.717) is 0 Å². The van der Waals surface area contributed by atoms with E-state index in [2.05, 4.69) is 5.10 Å². The number of phenolic OH excluding ortho intramolecular Hbond substituents is 1. The first-order valence-electron chi connectivity index (χ1n) is 5.19. The summed E-state index contributed by atoms with van der Waals surface area (Å²) >= 11 is 0. The van der Waals surface area contributed by atoms with E-state index in [4.69, 9.17) is 5.73 Å². The van der Waals surface area contributed by atoms with Crippen LogP contribution in [0.2, 0.25) is 0 Å². The molecule has 0 aliphatic carbocycles. The maximum Gasteiger partial charge on any atom is 0.115 e. The molecule has 2 rings (SSSR count). The van der Waals surface area contributed by atoms with Crippen molar-refractivity contribution in [2.24, 2.45) is 5.73 Å². The van der Waals surface area contributed by atoms with E-state index >= 15 is 0 Å². The molecule has 0 aliphatic rings. The average molecular weight is 217 g/mol. The van der Waals surface area contributed by atoms with Gasteiger partial charge in [0.1, 0.15) is 5.75 Å². The van der Waals surface area contributed by atoms with Gasteiger partial charge in [-0.3, -0.25) is 0 Å². The van der Waals surface area contributed by atoms with Crippen LogP contribution in [0.3, 0.4) is 0 Å². The summed E-state index contributed by atoms with van der Waals surface area (Å²) in [5, 5.41) is 13.5. The average Bonchev–Trinajstić information content (AvgIpc) is 2.61. The molecule has 0 fully saturated rings. The molecule has 1 aromatic carbocycles. The third-order valence-electron chi connectivity index (χ3n) is 2.63. The number of benzene rings is 1. The third-order valence-corrected chi connectivity index (χ3v) is 2.63. The van der Waals surface area contributed by atoms with Gasteiger partial charge in [0.25, 0.3) is 0 Å². The third kappa shape index (κ3) is 1.79. The first kappa shape index (κ1) is 10.7. The molecule has 4 nitrogen and oxygen atoms in total. The Morgan fingerprint density at radius 1 is 1.31 bits per heavy atom. The minimum Gasteiger partial charge on any atom is -0.508 e. The van der Waals surface area contributed by atoms with Gasteiger partial charge in [-0.05, 0) is 38.1 Å². The van der Waals surface area contributed by atoms with Crippen molar-refractivity contribution < 1.29 is 5.11 Å². The number of rotatable bonds is 2. The van der Waals surface area contributed by atoms with Gasteiger partial charge in [-0.25, -0.2) is 4.68 Å². The first-order valence-corrected chi connectivity index (χ1v) is 5.19. The highest BCUT2D eigenvalue weighted by Crippen LogP contribution is 2.19. The number of phenols is 1. The molecule has 3 N–H and O–H groups in total. The van der Waals surface area contributed by atoms with Gasteiger partial charge in [0, 0.05) is 17.3 Å². The minimum atomic E-state index is -0.0223. The zero-order valence-corrected chi connectivity index (χ0v) is 9.38. The maximum atomic E-state index is 9.22. The quantitative estimate of drug-likeness (QED) is 0.807. The molecule has 2 aromatic rings. The van der Waals surface area contributed by atoms with Gasteiger partial charge in [-0.1, -0.05) is 0 Å². The van der Waals surface area contributed by atoms with Crippen molar-refractivity contribution in [3.8, 4) is 11.4 Å². The van der Waals surface area contributed by atoms with Crippen molar-refractivity contribution in [3.05, 3.63) is 41.7 Å². The summed E-state index contributed by atoms with van der Waals surface area (Å²) in [6.07, 6.45) is 1.78. The molecular weight excluding hydrogens is 202 g/mol. The fraction of sp³-hybridized carbons (Fsp3) is 0.250. The van der Waals surface area contributed by atoms with Crippen molar-refractivity contribution >= 4 is 0 Å². The van der Waals surface area contributed by atoms with Crippen LogP contribution in [0.15, 0.2) is 30.5 Å². The lowest BCUT2D eigenvalue weighted by Gasteiger charge is -2.07. The zero-order valence-electron chi connectivity index (χ0n) is 9.38. The van der Waals surface area contributed by atoms with Crippen LogP contribution in [0.4, 0.5) is 0 Å². The Kier molecular flexibility index (Phi) is 2.66. The second kappa shape index (κ2) is 3.98. The van der Waals surface area contributed by atoms with Crippen LogP contribution in [0.25, 0.3) is 5.69 Å². The van der Waals surface area contributed by atoms with E-state index in [0.717, 1.165) is 16.9 Å². The lowest BCUT2D eigenvalue weighted by molar-refractivity contribution is 0.475. The summed E-state index contributed by atoms with van der Waals surface area (Å²) in [5.74, 6) is 0.251. The van der Waals surface area contributed by atoms with Crippen molar-refractivity contribution in [3.63, 3.8) is 0 Å². The van der Waals surface area contributed by atoms with Crippen LogP contribution in [-0.4, -0.2) is 14.9 Å². The minimum absolute atomic E-state index is 0.0223. The number of hydrogen-bond acceptors (Lipinski definition) is 3. The molecule has 1 unspecified atom stereocenters. The number of nitrogens with zero attached hydrogens (tertiary/aromatic N) is 2. The van der Waals surface area contributed by atoms with Crippen molar-refractivity contribution in [1.29, 1.82) is 0 Å². The van der Waals surface area contributed by atoms with Gasteiger partial charge in [0.05, 0.1) is 11.9 Å². The Labute approximate surface area is 94.3 Å². The molecule has 84 valence electrons. The smallest absolute Gasteiger partial charge is 0.115 e. The second-order valence-electron chi connectivity index (χ2n) is 3.90. The molecule has 0 spiro atoms. The molecule has 1 heterocycles. The first-order chi connectivity index (χ1) is 7.59. The predicted octanol–water partition coefficient (Wildman–Crippen LogP) is 1.91. The number of aromatic nitrogens is 2. The maximum absolute atomic E-state index is 9.22. The molecule has 0 saturated carbocycles. The summed E-state index contributed by atoms with van der Waals surface area (Å²) < 4.78 is 1.82. The lowest BCUT2D eigenvalue weighted by atomic mass is 10.1. The number of nitrogens with two attached hydrogens (primary N) is 1. The molecule has 1 aromatic heterocycles. The van der Waals surface area contributed by atoms with Crippen molar-refractivity contribution in [2.45, 2.75) is 19.9 Å². The molecule has 0 saturated heterocycles. The van der Waals surface area contributed by atoms with E-state index < -0.39 is 0 Å². The standard InChI is InChI=1S/C12H15N3O/c1-8(13)12-7-14-15(9(12)2)10-3-5-11(16)6-4-10/h3-8,16H,13H2,1-2H3. The fourth-order valence-electron chi connectivity index (χ4n) is 1.72. The summed E-state index contributed by atoms with van der Waals surface area (Å²) in [6.45, 7) is 3.92. The van der Waals surface area contributed by atoms with E-state index in [-0.39, 0.29) is 11.8 Å². The number of aromatic hydroxyl groups is 1. The van der Waals surface area contributed by atoms with Gasteiger partial charge < -0.3 is 10.8 Å². The zero-order chi connectivity index (χ0) is 11.7. The van der Waals surface area contributed by atoms with Crippen molar-refractivity contribution in [1.82, 2.24) is 9.78 Å². The molecule has 16 heavy (non-hydrogen) atoms. The van der Waals surface area contributed by atoms with Crippen LogP contribution in [0.5, 0.6) is 5.75 Å². The van der Waals surface area contributed by atoms with Gasteiger partial charge >= 0.3 is 0 Å². The Morgan fingerprint density at radius 3 is 2.44 bits per heavy atom. The van der Waals surface area contributed by atoms with Crippen LogP contribution in [0, 0.1) is 6.92 Å². The van der Waals surface area contributed by atoms with Crippen LogP contribution in [-0.2, 0) is 0 Å². The monoisotopic (exact) mass is 217 g/mol. The van der Waals surface area contributed by atoms with Gasteiger partial charge in [0.15, 0.2) is 0 Å². The van der Waals surface area contributed by atoms with Gasteiger partial charge in [0.2, 0.25) is 0 Å². The fourth-order valence-corrected chi connectivity index (χ4v) is 1.72. The van der Waals surface area contributed by atoms with E-state index in [1.165, 1.54) is 0 Å². The van der Waals surface area contributed by atoms with Crippen LogP contribution >= 0.6 is 0 Å². The highest BCUT2D eigenvalue weighted by Gasteiger charge is 2.10. The Morgan fingerprint density at radius 2 is 1.94 bits per heavy atom. The summed E-state index contributed by atoms with van der Waals surface area (Å²) in [5.41, 5.74) is 8.82. The molecule has 0 amide bonds. The SMILES string of the molecule is Cc1c(C(C)N)cnn1-c1ccc(O)cc1. The lowest BCUT2D eigenvalue weighted by Crippen LogP contribution is -2.06. The Bertz CT molecular complexity index is 485. The number of hydrogen-bond donors (Lipinski definition) is 2. The predicted molar refractivity (Wildman–Crippen MR) is 62.6 cm³/mol. The molecule has 4 heteroatoms. The Balaban J connectivity index is 2.45. The largest absolute Gasteiger partial charge is 0.508 e. The van der Waals surface area contributed by atoms with Crippen LogP contribution in [0.1, 0.15) is 24.2 Å². The van der Waals surface area contributed by atoms with Gasteiger partial charge in [-0.15, -0.1) is 0 Å². The summed E-state index contributed by atoms with van der Waals surface area (Å²) in [6, 6.07) is 6.90. The molecule has 0 radical (unpaired) electrons. The van der Waals surface area contributed by atoms with E-state index in [1.54, 1.807) is 18.3 Å². The molecule has 0 aliphatic heterocycles. The normalized spacial score (nSPS) is 12.7. The topological polar surface area (TPSA) is 64.1 Å². The van der Waals surface area contributed by atoms with E-state index in [9.17, 15) is 5.11 Å². The molecular formula is C12H15N3O. The molecule has 0 bridgehead atoms. The van der Waals surface area contributed by atoms with Gasteiger partial charge in [-0.2, -0.15) is 5.10 Å². The van der Waals surface area contributed by atoms with Crippen LogP contribution < -0.4 is 5.73 Å². The second-order valence-corrected chi connectivity index (χ2v) is 3.90. The highest BCUT2D eigenvalue weighted by atomic mass is 16.3. The summed E-state index contributed by atoms with van der Waals surface area (Å²) in [4.78, 5) is 0. The highest BCUT2D eigenvalue weighted by molar-refractivity contribution is 5.38. The van der Waals surface area contributed by atoms with Crippen molar-refractivity contribution in [2.75, 3.05) is 0 Å². The summed E-state index contributed by atoms with van der Waals surface area (Å²) in [7, 11) is 0. The Hall–Kier alpha value is -1.81. The van der Waals surface area contributed by atoms with E-state index in [1.807, 2.05) is 30.7 Å².